The maximum atomic E-state index is 11.9. The predicted octanol–water partition coefficient (Wildman–Crippen LogP) is 2.38. The minimum atomic E-state index is -0.727. The molecule has 0 aliphatic carbocycles. The van der Waals surface area contributed by atoms with Gasteiger partial charge in [-0.15, -0.1) is 11.3 Å². The van der Waals surface area contributed by atoms with Crippen LogP contribution in [0.4, 0.5) is 5.69 Å². The minimum Gasteiger partial charge on any atom is -0.319 e. The number of aryl methyl sites for hydroxylation is 1. The summed E-state index contributed by atoms with van der Waals surface area (Å²) in [6.45, 7) is 1.69. The van der Waals surface area contributed by atoms with Crippen LogP contribution in [0.2, 0.25) is 0 Å². The fraction of sp³-hybridized carbons (Fsp3) is 0.0667. The number of hydrogen-bond donors (Lipinski definition) is 1. The van der Waals surface area contributed by atoms with E-state index in [1.165, 1.54) is 23.5 Å². The second kappa shape index (κ2) is 5.53. The molecule has 1 amide bonds. The summed E-state index contributed by atoms with van der Waals surface area (Å²) in [6, 6.07) is 7.95. The molecule has 3 rings (SSSR count). The molecule has 0 spiro atoms. The monoisotopic (exact) mass is 314 g/mol. The SMILES string of the molecule is Cc1noc(=O)c2ccc(NC(=O)C(=O)c3cccs3)cc12. The number of nitrogens with one attached hydrogen (secondary N) is 1. The molecule has 0 unspecified atom stereocenters. The van der Waals surface area contributed by atoms with Crippen LogP contribution < -0.4 is 10.9 Å². The first-order chi connectivity index (χ1) is 10.6. The second-order valence-electron chi connectivity index (χ2n) is 4.58. The number of hydrogen-bond acceptors (Lipinski definition) is 6. The molecule has 0 aliphatic rings. The van der Waals surface area contributed by atoms with Crippen LogP contribution in [0.1, 0.15) is 15.4 Å². The standard InChI is InChI=1S/C15H10N2O4S/c1-8-11-7-9(4-5-10(11)15(20)21-17-8)16-14(19)13(18)12-3-2-6-22-12/h2-7H,1H3,(H,16,19). The van der Waals surface area contributed by atoms with Gasteiger partial charge in [-0.1, -0.05) is 11.2 Å². The molecule has 0 saturated carbocycles. The molecule has 0 bridgehead atoms. The average Bonchev–Trinajstić information content (AvgIpc) is 3.04. The highest BCUT2D eigenvalue weighted by Gasteiger charge is 2.17. The zero-order chi connectivity index (χ0) is 15.7. The van der Waals surface area contributed by atoms with E-state index in [0.717, 1.165) is 0 Å². The van der Waals surface area contributed by atoms with Gasteiger partial charge >= 0.3 is 5.63 Å². The number of benzene rings is 1. The van der Waals surface area contributed by atoms with Crippen LogP contribution in [0, 0.1) is 6.92 Å². The summed E-state index contributed by atoms with van der Waals surface area (Å²) in [6.07, 6.45) is 0. The van der Waals surface area contributed by atoms with E-state index in [1.807, 2.05) is 0 Å². The zero-order valence-electron chi connectivity index (χ0n) is 11.5. The lowest BCUT2D eigenvalue weighted by molar-refractivity contribution is -0.112. The van der Waals surface area contributed by atoms with Crippen molar-refractivity contribution in [2.45, 2.75) is 6.92 Å². The molecule has 1 aromatic carbocycles. The van der Waals surface area contributed by atoms with Crippen molar-refractivity contribution in [1.29, 1.82) is 0 Å². The van der Waals surface area contributed by atoms with E-state index in [-0.39, 0.29) is 0 Å². The first kappa shape index (κ1) is 14.2. The zero-order valence-corrected chi connectivity index (χ0v) is 12.3. The highest BCUT2D eigenvalue weighted by atomic mass is 32.1. The lowest BCUT2D eigenvalue weighted by Crippen LogP contribution is -2.22. The van der Waals surface area contributed by atoms with E-state index < -0.39 is 17.3 Å². The van der Waals surface area contributed by atoms with Gasteiger partial charge in [-0.05, 0) is 36.6 Å². The maximum Gasteiger partial charge on any atom is 0.366 e. The van der Waals surface area contributed by atoms with Gasteiger partial charge in [-0.25, -0.2) is 4.79 Å². The van der Waals surface area contributed by atoms with Gasteiger partial charge in [0.05, 0.1) is 16.0 Å². The fourth-order valence-corrected chi connectivity index (χ4v) is 2.68. The van der Waals surface area contributed by atoms with Gasteiger partial charge < -0.3 is 9.84 Å². The van der Waals surface area contributed by atoms with E-state index in [2.05, 4.69) is 15.0 Å². The van der Waals surface area contributed by atoms with E-state index in [4.69, 9.17) is 0 Å². The summed E-state index contributed by atoms with van der Waals surface area (Å²) in [7, 11) is 0. The number of anilines is 1. The second-order valence-corrected chi connectivity index (χ2v) is 5.52. The Labute approximate surface area is 128 Å². The van der Waals surface area contributed by atoms with Gasteiger partial charge in [-0.2, -0.15) is 0 Å². The number of amides is 1. The predicted molar refractivity (Wildman–Crippen MR) is 82.3 cm³/mol. The van der Waals surface area contributed by atoms with Crippen LogP contribution in [-0.4, -0.2) is 16.8 Å². The van der Waals surface area contributed by atoms with Gasteiger partial charge in [0.2, 0.25) is 0 Å². The molecule has 22 heavy (non-hydrogen) atoms. The van der Waals surface area contributed by atoms with Crippen molar-refractivity contribution in [3.63, 3.8) is 0 Å². The van der Waals surface area contributed by atoms with Crippen LogP contribution in [0.5, 0.6) is 0 Å². The van der Waals surface area contributed by atoms with E-state index in [0.29, 0.717) is 27.0 Å². The molecule has 0 fully saturated rings. The molecular formula is C15H10N2O4S. The van der Waals surface area contributed by atoms with Crippen LogP contribution in [0.3, 0.4) is 0 Å². The number of rotatable bonds is 3. The van der Waals surface area contributed by atoms with Gasteiger partial charge in [0.15, 0.2) is 0 Å². The number of carbonyl (C=O) groups excluding carboxylic acids is 2. The molecule has 2 heterocycles. The summed E-state index contributed by atoms with van der Waals surface area (Å²) in [5.41, 5.74) is 0.390. The lowest BCUT2D eigenvalue weighted by Gasteiger charge is -2.05. The van der Waals surface area contributed by atoms with Crippen LogP contribution in [0.25, 0.3) is 10.8 Å². The van der Waals surface area contributed by atoms with Crippen molar-refractivity contribution in [3.05, 3.63) is 56.7 Å². The Morgan fingerprint density at radius 2 is 2.05 bits per heavy atom. The average molecular weight is 314 g/mol. The Morgan fingerprint density at radius 3 is 2.77 bits per heavy atom. The topological polar surface area (TPSA) is 89.3 Å². The number of aromatic nitrogens is 1. The molecule has 110 valence electrons. The first-order valence-electron chi connectivity index (χ1n) is 6.36. The normalized spacial score (nSPS) is 10.6. The molecule has 6 nitrogen and oxygen atoms in total. The van der Waals surface area contributed by atoms with Gasteiger partial charge in [0, 0.05) is 11.1 Å². The van der Waals surface area contributed by atoms with Crippen LogP contribution >= 0.6 is 11.3 Å². The lowest BCUT2D eigenvalue weighted by atomic mass is 10.1. The highest BCUT2D eigenvalue weighted by Crippen LogP contribution is 2.19. The van der Waals surface area contributed by atoms with Gasteiger partial charge in [-0.3, -0.25) is 9.59 Å². The first-order valence-corrected chi connectivity index (χ1v) is 7.24. The summed E-state index contributed by atoms with van der Waals surface area (Å²) >= 11 is 1.20. The molecule has 0 radical (unpaired) electrons. The van der Waals surface area contributed by atoms with Crippen molar-refractivity contribution in [2.75, 3.05) is 5.32 Å². The van der Waals surface area contributed by atoms with Crippen molar-refractivity contribution < 1.29 is 14.1 Å². The molecule has 1 N–H and O–H groups in total. The number of ketones is 1. The molecule has 7 heteroatoms. The summed E-state index contributed by atoms with van der Waals surface area (Å²) < 4.78 is 4.63. The third kappa shape index (κ3) is 2.53. The number of Topliss-reactive ketones (excluding diaryl/α,β-unsaturated/α-hetero) is 1. The molecule has 0 saturated heterocycles. The number of nitrogens with zero attached hydrogens (tertiary/aromatic N) is 1. The minimum absolute atomic E-state index is 0.370. The molecule has 3 aromatic rings. The smallest absolute Gasteiger partial charge is 0.319 e. The Bertz CT molecular complexity index is 928. The molecule has 2 aromatic heterocycles. The van der Waals surface area contributed by atoms with Crippen LogP contribution in [-0.2, 0) is 4.79 Å². The quantitative estimate of drug-likeness (QED) is 0.592. The number of thiophene rings is 1. The van der Waals surface area contributed by atoms with E-state index in [9.17, 15) is 14.4 Å². The Hall–Kier alpha value is -2.80. The van der Waals surface area contributed by atoms with Crippen molar-refractivity contribution in [1.82, 2.24) is 5.16 Å². The number of fused-ring (bicyclic) bond motifs is 1. The Kier molecular flexibility index (Phi) is 3.56. The fourth-order valence-electron chi connectivity index (χ4n) is 2.02. The van der Waals surface area contributed by atoms with Crippen molar-refractivity contribution in [3.8, 4) is 0 Å². The van der Waals surface area contributed by atoms with Gasteiger partial charge in [0.1, 0.15) is 0 Å². The van der Waals surface area contributed by atoms with E-state index >= 15 is 0 Å². The third-order valence-corrected chi connectivity index (χ3v) is 3.97. The van der Waals surface area contributed by atoms with Crippen LogP contribution in [0.15, 0.2) is 45.0 Å². The molecular weight excluding hydrogens is 304 g/mol. The molecule has 0 atom stereocenters. The van der Waals surface area contributed by atoms with Gasteiger partial charge in [0.25, 0.3) is 11.7 Å². The van der Waals surface area contributed by atoms with Crippen molar-refractivity contribution in [2.24, 2.45) is 0 Å². The third-order valence-electron chi connectivity index (χ3n) is 3.10. The maximum absolute atomic E-state index is 11.9. The highest BCUT2D eigenvalue weighted by molar-refractivity contribution is 7.13. The summed E-state index contributed by atoms with van der Waals surface area (Å²) in [4.78, 5) is 35.8. The summed E-state index contributed by atoms with van der Waals surface area (Å²) in [5, 5.41) is 8.83. The largest absolute Gasteiger partial charge is 0.366 e. The van der Waals surface area contributed by atoms with Crippen molar-refractivity contribution >= 4 is 39.5 Å². The molecule has 0 aliphatic heterocycles. The Morgan fingerprint density at radius 1 is 1.23 bits per heavy atom. The number of carbonyl (C=O) groups is 2. The van der Waals surface area contributed by atoms with E-state index in [1.54, 1.807) is 30.5 Å². The summed E-state index contributed by atoms with van der Waals surface area (Å²) in [5.74, 6) is -1.33. The Balaban J connectivity index is 1.91.